The average Bonchev–Trinajstić information content (AvgIpc) is 2.56. The summed E-state index contributed by atoms with van der Waals surface area (Å²) in [7, 11) is 0. The second-order valence-corrected chi connectivity index (χ2v) is 7.19. The molecular weight excluding hydrogens is 370 g/mol. The first-order valence-corrected chi connectivity index (χ1v) is 8.90. The largest absolute Gasteiger partial charge is 0.508 e. The number of phenols is 2. The minimum absolute atomic E-state index is 0.0431. The van der Waals surface area contributed by atoms with Crippen molar-refractivity contribution in [1.82, 2.24) is 5.32 Å². The highest BCUT2D eigenvalue weighted by Crippen LogP contribution is 2.38. The number of amides is 1. The van der Waals surface area contributed by atoms with Crippen LogP contribution in [0.2, 0.25) is 0 Å². The van der Waals surface area contributed by atoms with Crippen LogP contribution in [0.4, 0.5) is 0 Å². The minimum atomic E-state index is -0.0431. The van der Waals surface area contributed by atoms with Crippen LogP contribution in [-0.2, 0) is 0 Å². The van der Waals surface area contributed by atoms with Crippen LogP contribution in [0.1, 0.15) is 47.5 Å². The lowest BCUT2D eigenvalue weighted by Gasteiger charge is -2.29. The Morgan fingerprint density at radius 3 is 2.29 bits per heavy atom. The molecule has 1 fully saturated rings. The van der Waals surface area contributed by atoms with Gasteiger partial charge in [0.2, 0.25) is 0 Å². The van der Waals surface area contributed by atoms with Crippen LogP contribution in [0.15, 0.2) is 46.9 Å². The van der Waals surface area contributed by atoms with Crippen LogP contribution in [0.5, 0.6) is 11.5 Å². The monoisotopic (exact) mass is 389 g/mol. The van der Waals surface area contributed by atoms with Gasteiger partial charge in [-0.15, -0.1) is 0 Å². The van der Waals surface area contributed by atoms with E-state index in [0.717, 1.165) is 35.7 Å². The highest BCUT2D eigenvalue weighted by molar-refractivity contribution is 9.10. The molecule has 1 aliphatic carbocycles. The topological polar surface area (TPSA) is 69.6 Å². The SMILES string of the molecule is O=C(NC1CCC(c2ccc(O)cc2O)CC1)c1ccc(Br)cc1. The van der Waals surface area contributed by atoms with Crippen LogP contribution in [0, 0.1) is 0 Å². The van der Waals surface area contributed by atoms with Crippen molar-refractivity contribution in [3.63, 3.8) is 0 Å². The summed E-state index contributed by atoms with van der Waals surface area (Å²) >= 11 is 3.36. The molecule has 2 aromatic rings. The highest BCUT2D eigenvalue weighted by atomic mass is 79.9. The van der Waals surface area contributed by atoms with E-state index in [2.05, 4.69) is 21.2 Å². The summed E-state index contributed by atoms with van der Waals surface area (Å²) in [5.74, 6) is 0.453. The second-order valence-electron chi connectivity index (χ2n) is 6.27. The normalized spacial score (nSPS) is 20.5. The third kappa shape index (κ3) is 3.90. The van der Waals surface area contributed by atoms with E-state index >= 15 is 0 Å². The number of benzene rings is 2. The lowest BCUT2D eigenvalue weighted by atomic mass is 9.81. The van der Waals surface area contributed by atoms with Gasteiger partial charge in [-0.3, -0.25) is 4.79 Å². The summed E-state index contributed by atoms with van der Waals surface area (Å²) in [5.41, 5.74) is 1.54. The number of carbonyl (C=O) groups excluding carboxylic acids is 1. The zero-order valence-electron chi connectivity index (χ0n) is 13.2. The standard InChI is InChI=1S/C19H20BrNO3/c20-14-5-1-13(2-6-14)19(24)21-15-7-3-12(4-8-15)17-10-9-16(22)11-18(17)23/h1-2,5-6,9-12,15,22-23H,3-4,7-8H2,(H,21,24). The Morgan fingerprint density at radius 2 is 1.67 bits per heavy atom. The third-order valence-electron chi connectivity index (χ3n) is 4.62. The van der Waals surface area contributed by atoms with Gasteiger partial charge in [-0.2, -0.15) is 0 Å². The average molecular weight is 390 g/mol. The first kappa shape index (κ1) is 16.8. The van der Waals surface area contributed by atoms with Crippen molar-refractivity contribution in [2.45, 2.75) is 37.6 Å². The van der Waals surface area contributed by atoms with Crippen molar-refractivity contribution in [3.05, 3.63) is 58.1 Å². The number of nitrogens with one attached hydrogen (secondary N) is 1. The molecule has 3 N–H and O–H groups in total. The van der Waals surface area contributed by atoms with E-state index < -0.39 is 0 Å². The molecule has 1 aliphatic rings. The first-order chi connectivity index (χ1) is 11.5. The number of aromatic hydroxyl groups is 2. The summed E-state index contributed by atoms with van der Waals surface area (Å²) in [6.45, 7) is 0. The molecule has 126 valence electrons. The number of rotatable bonds is 3. The van der Waals surface area contributed by atoms with E-state index in [1.54, 1.807) is 24.3 Å². The molecule has 0 atom stereocenters. The van der Waals surface area contributed by atoms with E-state index in [9.17, 15) is 15.0 Å². The van der Waals surface area contributed by atoms with Gasteiger partial charge in [-0.1, -0.05) is 22.0 Å². The van der Waals surface area contributed by atoms with Crippen molar-refractivity contribution in [1.29, 1.82) is 0 Å². The molecule has 3 rings (SSSR count). The number of carbonyl (C=O) groups is 1. The molecule has 0 heterocycles. The fourth-order valence-corrected chi connectivity index (χ4v) is 3.56. The Balaban J connectivity index is 1.57. The van der Waals surface area contributed by atoms with Crippen LogP contribution in [0.25, 0.3) is 0 Å². The van der Waals surface area contributed by atoms with Gasteiger partial charge in [0.15, 0.2) is 0 Å². The van der Waals surface area contributed by atoms with Gasteiger partial charge in [-0.05, 0) is 67.5 Å². The van der Waals surface area contributed by atoms with Gasteiger partial charge in [0.05, 0.1) is 0 Å². The van der Waals surface area contributed by atoms with Crippen molar-refractivity contribution >= 4 is 21.8 Å². The van der Waals surface area contributed by atoms with E-state index in [1.165, 1.54) is 6.07 Å². The maximum Gasteiger partial charge on any atom is 0.251 e. The highest BCUT2D eigenvalue weighted by Gasteiger charge is 2.25. The van der Waals surface area contributed by atoms with Gasteiger partial charge in [0, 0.05) is 22.1 Å². The maximum absolute atomic E-state index is 12.3. The summed E-state index contributed by atoms with van der Waals surface area (Å²) in [5, 5.41) is 22.5. The molecular formula is C19H20BrNO3. The van der Waals surface area contributed by atoms with Crippen LogP contribution in [-0.4, -0.2) is 22.2 Å². The van der Waals surface area contributed by atoms with Gasteiger partial charge < -0.3 is 15.5 Å². The smallest absolute Gasteiger partial charge is 0.251 e. The Kier molecular flexibility index (Phi) is 5.09. The first-order valence-electron chi connectivity index (χ1n) is 8.11. The van der Waals surface area contributed by atoms with E-state index in [4.69, 9.17) is 0 Å². The fourth-order valence-electron chi connectivity index (χ4n) is 3.30. The predicted molar refractivity (Wildman–Crippen MR) is 96.4 cm³/mol. The van der Waals surface area contributed by atoms with Gasteiger partial charge in [0.25, 0.3) is 5.91 Å². The molecule has 0 unspecified atom stereocenters. The summed E-state index contributed by atoms with van der Waals surface area (Å²) in [6, 6.07) is 12.3. The van der Waals surface area contributed by atoms with E-state index in [-0.39, 0.29) is 29.4 Å². The molecule has 0 radical (unpaired) electrons. The molecule has 0 spiro atoms. The van der Waals surface area contributed by atoms with Crippen LogP contribution in [0.3, 0.4) is 0 Å². The van der Waals surface area contributed by atoms with Crippen molar-refractivity contribution < 1.29 is 15.0 Å². The maximum atomic E-state index is 12.3. The lowest BCUT2D eigenvalue weighted by molar-refractivity contribution is 0.0925. The summed E-state index contributed by atoms with van der Waals surface area (Å²) in [6.07, 6.45) is 3.58. The van der Waals surface area contributed by atoms with Crippen LogP contribution < -0.4 is 5.32 Å². The number of phenolic OH excluding ortho intramolecular Hbond substituents is 2. The Labute approximate surface area is 149 Å². The fraction of sp³-hybridized carbons (Fsp3) is 0.316. The predicted octanol–water partition coefficient (Wildman–Crippen LogP) is 4.32. The summed E-state index contributed by atoms with van der Waals surface area (Å²) in [4.78, 5) is 12.3. The van der Waals surface area contributed by atoms with Gasteiger partial charge >= 0.3 is 0 Å². The quantitative estimate of drug-likeness (QED) is 0.731. The Hall–Kier alpha value is -2.01. The molecule has 0 aromatic heterocycles. The summed E-state index contributed by atoms with van der Waals surface area (Å²) < 4.78 is 0.952. The minimum Gasteiger partial charge on any atom is -0.508 e. The molecule has 24 heavy (non-hydrogen) atoms. The molecule has 1 amide bonds. The molecule has 2 aromatic carbocycles. The van der Waals surface area contributed by atoms with Gasteiger partial charge in [-0.25, -0.2) is 0 Å². The third-order valence-corrected chi connectivity index (χ3v) is 5.15. The Bertz CT molecular complexity index is 722. The van der Waals surface area contributed by atoms with Crippen molar-refractivity contribution in [2.75, 3.05) is 0 Å². The molecule has 1 saturated carbocycles. The van der Waals surface area contributed by atoms with Crippen LogP contribution >= 0.6 is 15.9 Å². The molecule has 4 nitrogen and oxygen atoms in total. The number of halogens is 1. The number of hydrogen-bond donors (Lipinski definition) is 3. The number of hydrogen-bond acceptors (Lipinski definition) is 3. The lowest BCUT2D eigenvalue weighted by Crippen LogP contribution is -2.37. The van der Waals surface area contributed by atoms with Crippen molar-refractivity contribution in [2.24, 2.45) is 0 Å². The molecule has 0 saturated heterocycles. The van der Waals surface area contributed by atoms with E-state index in [1.807, 2.05) is 12.1 Å². The zero-order valence-corrected chi connectivity index (χ0v) is 14.8. The molecule has 0 bridgehead atoms. The Morgan fingerprint density at radius 1 is 1.00 bits per heavy atom. The molecule has 5 heteroatoms. The van der Waals surface area contributed by atoms with Gasteiger partial charge in [0.1, 0.15) is 11.5 Å². The van der Waals surface area contributed by atoms with Crippen molar-refractivity contribution in [3.8, 4) is 11.5 Å². The zero-order chi connectivity index (χ0) is 17.1. The molecule has 0 aliphatic heterocycles. The van der Waals surface area contributed by atoms with E-state index in [0.29, 0.717) is 5.56 Å². The second kappa shape index (κ2) is 7.26.